The number of guanidine groups is 1. The number of hydrogen-bond acceptors (Lipinski definition) is 4. The third kappa shape index (κ3) is 7.13. The molecule has 0 radical (unpaired) electrons. The van der Waals surface area contributed by atoms with Crippen molar-refractivity contribution in [2.45, 2.75) is 76.5 Å². The summed E-state index contributed by atoms with van der Waals surface area (Å²) >= 11 is 0. The molecule has 140 valence electrons. The third-order valence-electron chi connectivity index (χ3n) is 4.56. The van der Waals surface area contributed by atoms with Crippen molar-refractivity contribution in [3.05, 3.63) is 0 Å². The van der Waals surface area contributed by atoms with Crippen LogP contribution in [0, 0.1) is 0 Å². The first kappa shape index (κ1) is 21.5. The Bertz CT molecular complexity index is 407. The van der Waals surface area contributed by atoms with Crippen LogP contribution in [0.4, 0.5) is 0 Å². The molecule has 24 heavy (non-hydrogen) atoms. The monoisotopic (exact) mass is 453 g/mol. The number of halogens is 1. The first-order chi connectivity index (χ1) is 11.2. The number of carbonyl (C=O) groups is 1. The molecule has 0 saturated carbocycles. The third-order valence-corrected chi connectivity index (χ3v) is 4.56. The van der Waals surface area contributed by atoms with Gasteiger partial charge in [-0.25, -0.2) is 0 Å². The zero-order valence-electron chi connectivity index (χ0n) is 14.9. The molecule has 2 rings (SSSR count). The quantitative estimate of drug-likeness (QED) is 0.185. The van der Waals surface area contributed by atoms with Crippen molar-refractivity contribution in [3.63, 3.8) is 0 Å². The van der Waals surface area contributed by atoms with E-state index < -0.39 is 0 Å². The van der Waals surface area contributed by atoms with Crippen LogP contribution in [0.25, 0.3) is 0 Å². The van der Waals surface area contributed by atoms with Crippen molar-refractivity contribution >= 4 is 35.9 Å². The normalized spacial score (nSPS) is 25.2. The predicted molar refractivity (Wildman–Crippen MR) is 106 cm³/mol. The molecule has 2 fully saturated rings. The maximum atomic E-state index is 11.0. The Labute approximate surface area is 162 Å². The van der Waals surface area contributed by atoms with Gasteiger partial charge in [0.1, 0.15) is 0 Å². The van der Waals surface area contributed by atoms with Gasteiger partial charge in [-0.2, -0.15) is 0 Å². The molecular weight excluding hydrogens is 421 g/mol. The van der Waals surface area contributed by atoms with E-state index in [-0.39, 0.29) is 29.9 Å². The van der Waals surface area contributed by atoms with Crippen molar-refractivity contribution in [1.82, 2.24) is 10.6 Å². The number of unbranched alkanes of at least 4 members (excludes halogenated alkanes) is 3. The number of esters is 1. The van der Waals surface area contributed by atoms with Crippen molar-refractivity contribution < 1.29 is 14.3 Å². The van der Waals surface area contributed by atoms with Gasteiger partial charge in [0.15, 0.2) is 5.96 Å². The van der Waals surface area contributed by atoms with Gasteiger partial charge in [0.2, 0.25) is 0 Å². The van der Waals surface area contributed by atoms with E-state index in [0.29, 0.717) is 24.7 Å². The molecule has 0 spiro atoms. The van der Waals surface area contributed by atoms with Gasteiger partial charge in [0.25, 0.3) is 0 Å². The van der Waals surface area contributed by atoms with Crippen LogP contribution in [0.5, 0.6) is 0 Å². The number of aliphatic imine (C=N–C) groups is 1. The molecule has 2 aliphatic rings. The first-order valence-electron chi connectivity index (χ1n) is 9.00. The number of nitrogens with one attached hydrogen (secondary N) is 2. The van der Waals surface area contributed by atoms with Crippen LogP contribution in [-0.2, 0) is 14.3 Å². The molecule has 0 aromatic heterocycles. The minimum Gasteiger partial charge on any atom is -0.469 e. The van der Waals surface area contributed by atoms with Crippen LogP contribution in [0.3, 0.4) is 0 Å². The van der Waals surface area contributed by atoms with Crippen molar-refractivity contribution in [3.8, 4) is 0 Å². The molecule has 0 aromatic carbocycles. The highest BCUT2D eigenvalue weighted by Gasteiger charge is 2.41. The number of nitrogens with zero attached hydrogens (tertiary/aromatic N) is 1. The molecular formula is C17H32IN3O3. The van der Waals surface area contributed by atoms with E-state index in [4.69, 9.17) is 4.74 Å². The second kappa shape index (κ2) is 11.9. The van der Waals surface area contributed by atoms with E-state index in [1.165, 1.54) is 20.0 Å². The number of rotatable bonds is 9. The van der Waals surface area contributed by atoms with Gasteiger partial charge in [0.05, 0.1) is 25.4 Å². The predicted octanol–water partition coefficient (Wildman–Crippen LogP) is 2.60. The summed E-state index contributed by atoms with van der Waals surface area (Å²) in [4.78, 5) is 15.7. The van der Waals surface area contributed by atoms with E-state index in [9.17, 15) is 4.79 Å². The lowest BCUT2D eigenvalue weighted by molar-refractivity contribution is -0.140. The Kier molecular flexibility index (Phi) is 10.6. The number of fused-ring (bicyclic) bond motifs is 2. The SMILES string of the molecule is CCNC(=NCCCCCCC(=O)OC)NC1CC2CCC1O2.I. The summed E-state index contributed by atoms with van der Waals surface area (Å²) in [7, 11) is 1.44. The lowest BCUT2D eigenvalue weighted by atomic mass is 9.96. The number of carbonyl (C=O) groups excluding carboxylic acids is 1. The largest absolute Gasteiger partial charge is 0.469 e. The molecule has 0 aliphatic carbocycles. The van der Waals surface area contributed by atoms with E-state index in [2.05, 4.69) is 27.3 Å². The van der Waals surface area contributed by atoms with E-state index in [0.717, 1.165) is 51.2 Å². The Hall–Kier alpha value is -0.570. The van der Waals surface area contributed by atoms with Gasteiger partial charge in [-0.15, -0.1) is 24.0 Å². The fourth-order valence-corrected chi connectivity index (χ4v) is 3.31. The zero-order valence-corrected chi connectivity index (χ0v) is 17.2. The van der Waals surface area contributed by atoms with Crippen LogP contribution >= 0.6 is 24.0 Å². The van der Waals surface area contributed by atoms with E-state index in [1.54, 1.807) is 0 Å². The average molecular weight is 453 g/mol. The van der Waals surface area contributed by atoms with Crippen molar-refractivity contribution in [2.24, 2.45) is 4.99 Å². The molecule has 3 unspecified atom stereocenters. The Morgan fingerprint density at radius 2 is 2.04 bits per heavy atom. The molecule has 0 amide bonds. The fourth-order valence-electron chi connectivity index (χ4n) is 3.31. The topological polar surface area (TPSA) is 72.0 Å². The second-order valence-corrected chi connectivity index (χ2v) is 6.36. The summed E-state index contributed by atoms with van der Waals surface area (Å²) in [5.74, 6) is 0.790. The molecule has 7 heteroatoms. The van der Waals surface area contributed by atoms with Crippen LogP contribution in [-0.4, -0.2) is 50.4 Å². The lowest BCUT2D eigenvalue weighted by Gasteiger charge is -2.22. The Morgan fingerprint density at radius 3 is 2.67 bits per heavy atom. The summed E-state index contributed by atoms with van der Waals surface area (Å²) in [5.41, 5.74) is 0. The minimum absolute atomic E-state index is 0. The smallest absolute Gasteiger partial charge is 0.305 e. The summed E-state index contributed by atoms with van der Waals surface area (Å²) in [6.45, 7) is 3.77. The number of ether oxygens (including phenoxy) is 2. The van der Waals surface area contributed by atoms with Gasteiger partial charge in [-0.05, 0) is 39.0 Å². The first-order valence-corrected chi connectivity index (χ1v) is 9.00. The van der Waals surface area contributed by atoms with Gasteiger partial charge in [0, 0.05) is 19.5 Å². The summed E-state index contributed by atoms with van der Waals surface area (Å²) in [6.07, 6.45) is 8.91. The van der Waals surface area contributed by atoms with Crippen LogP contribution in [0.15, 0.2) is 4.99 Å². The average Bonchev–Trinajstić information content (AvgIpc) is 3.16. The standard InChI is InChI=1S/C17H31N3O3.HI/c1-3-18-17(20-14-12-13-9-10-15(14)23-13)19-11-7-5-4-6-8-16(21)22-2;/h13-15H,3-12H2,1-2H3,(H2,18,19,20);1H. The van der Waals surface area contributed by atoms with Gasteiger partial charge < -0.3 is 20.1 Å². The van der Waals surface area contributed by atoms with Gasteiger partial charge >= 0.3 is 5.97 Å². The van der Waals surface area contributed by atoms with E-state index in [1.807, 2.05) is 0 Å². The highest BCUT2D eigenvalue weighted by atomic mass is 127. The summed E-state index contributed by atoms with van der Waals surface area (Å²) in [5, 5.41) is 6.84. The molecule has 3 atom stereocenters. The van der Waals surface area contributed by atoms with Crippen LogP contribution in [0.1, 0.15) is 58.3 Å². The highest BCUT2D eigenvalue weighted by Crippen LogP contribution is 2.34. The van der Waals surface area contributed by atoms with Gasteiger partial charge in [-0.1, -0.05) is 12.8 Å². The molecule has 2 N–H and O–H groups in total. The molecule has 2 saturated heterocycles. The molecule has 2 aliphatic heterocycles. The maximum Gasteiger partial charge on any atom is 0.305 e. The van der Waals surface area contributed by atoms with Crippen molar-refractivity contribution in [1.29, 1.82) is 0 Å². The molecule has 2 bridgehead atoms. The fraction of sp³-hybridized carbons (Fsp3) is 0.882. The Morgan fingerprint density at radius 1 is 1.25 bits per heavy atom. The maximum absolute atomic E-state index is 11.0. The minimum atomic E-state index is -0.116. The van der Waals surface area contributed by atoms with Crippen molar-refractivity contribution in [2.75, 3.05) is 20.2 Å². The second-order valence-electron chi connectivity index (χ2n) is 6.36. The summed E-state index contributed by atoms with van der Waals surface area (Å²) in [6, 6.07) is 0.409. The van der Waals surface area contributed by atoms with Crippen LogP contribution < -0.4 is 10.6 Å². The number of hydrogen-bond donors (Lipinski definition) is 2. The zero-order chi connectivity index (χ0) is 16.5. The Balaban J connectivity index is 0.00000288. The molecule has 2 heterocycles. The molecule has 0 aromatic rings. The lowest BCUT2D eigenvalue weighted by Crippen LogP contribution is -2.47. The molecule has 6 nitrogen and oxygen atoms in total. The van der Waals surface area contributed by atoms with Gasteiger partial charge in [-0.3, -0.25) is 9.79 Å². The highest BCUT2D eigenvalue weighted by molar-refractivity contribution is 14.0. The summed E-state index contributed by atoms with van der Waals surface area (Å²) < 4.78 is 10.5. The van der Waals surface area contributed by atoms with E-state index >= 15 is 0 Å². The number of methoxy groups -OCH3 is 1. The van der Waals surface area contributed by atoms with Crippen LogP contribution in [0.2, 0.25) is 0 Å².